The maximum atomic E-state index is 12.9. The number of anilines is 1. The van der Waals surface area contributed by atoms with Crippen molar-refractivity contribution in [2.24, 2.45) is 5.73 Å². The lowest BCUT2D eigenvalue weighted by Crippen LogP contribution is -2.54. The molecule has 30 heavy (non-hydrogen) atoms. The van der Waals surface area contributed by atoms with Crippen molar-refractivity contribution in [1.82, 2.24) is 10.2 Å². The summed E-state index contributed by atoms with van der Waals surface area (Å²) >= 11 is 0. The van der Waals surface area contributed by atoms with Crippen molar-refractivity contribution >= 4 is 35.3 Å². The smallest absolute Gasteiger partial charge is 0.417 e. The molecule has 13 heteroatoms. The van der Waals surface area contributed by atoms with Gasteiger partial charge in [0, 0.05) is 19.5 Å². The molecule has 1 aromatic carbocycles. The Bertz CT molecular complexity index is 962. The summed E-state index contributed by atoms with van der Waals surface area (Å²) in [5.41, 5.74) is 4.26. The number of nitrogens with two attached hydrogens (primary N) is 1. The van der Waals surface area contributed by atoms with Crippen molar-refractivity contribution in [2.75, 3.05) is 18.4 Å². The van der Waals surface area contributed by atoms with E-state index < -0.39 is 53.1 Å². The minimum atomic E-state index is -5.36. The average Bonchev–Trinajstić information content (AvgIpc) is 2.91. The molecule has 2 heterocycles. The Hall–Kier alpha value is -3.48. The lowest BCUT2D eigenvalue weighted by atomic mass is 10.0. The molecule has 4 N–H and O–H groups in total. The van der Waals surface area contributed by atoms with Crippen LogP contribution in [0.15, 0.2) is 12.1 Å². The number of carbonyl (C=O) groups excluding carboxylic acids is 5. The van der Waals surface area contributed by atoms with E-state index in [1.165, 1.54) is 0 Å². The van der Waals surface area contributed by atoms with Gasteiger partial charge < -0.3 is 15.8 Å². The molecule has 10 nitrogen and oxygen atoms in total. The number of halogens is 3. The van der Waals surface area contributed by atoms with E-state index in [4.69, 9.17) is 5.73 Å². The highest BCUT2D eigenvalue weighted by molar-refractivity contribution is 6.25. The summed E-state index contributed by atoms with van der Waals surface area (Å²) in [6, 6.07) is 0.986. The van der Waals surface area contributed by atoms with Crippen molar-refractivity contribution in [3.8, 4) is 5.75 Å². The summed E-state index contributed by atoms with van der Waals surface area (Å²) in [6.07, 6.45) is -5.64. The lowest BCUT2D eigenvalue weighted by molar-refractivity contribution is -0.189. The van der Waals surface area contributed by atoms with Crippen LogP contribution in [0.3, 0.4) is 0 Å². The van der Waals surface area contributed by atoms with Crippen molar-refractivity contribution in [3.05, 3.63) is 23.3 Å². The Morgan fingerprint density at radius 3 is 2.53 bits per heavy atom. The Morgan fingerprint density at radius 2 is 1.93 bits per heavy atom. The highest BCUT2D eigenvalue weighted by atomic mass is 19.4. The predicted octanol–water partition coefficient (Wildman–Crippen LogP) is -0.0739. The van der Waals surface area contributed by atoms with Crippen LogP contribution in [0.25, 0.3) is 0 Å². The van der Waals surface area contributed by atoms with Crippen LogP contribution < -0.4 is 21.1 Å². The Morgan fingerprint density at radius 1 is 1.23 bits per heavy atom. The molecule has 1 aromatic rings. The molecule has 160 valence electrons. The number of nitrogens with one attached hydrogen (secondary N) is 2. The van der Waals surface area contributed by atoms with Gasteiger partial charge in [0.2, 0.25) is 11.8 Å². The monoisotopic (exact) mass is 428 g/mol. The van der Waals surface area contributed by atoms with E-state index in [0.717, 1.165) is 12.1 Å². The van der Waals surface area contributed by atoms with E-state index in [-0.39, 0.29) is 37.2 Å². The van der Waals surface area contributed by atoms with Gasteiger partial charge >= 0.3 is 12.1 Å². The van der Waals surface area contributed by atoms with Gasteiger partial charge in [-0.25, -0.2) is 4.79 Å². The highest BCUT2D eigenvalue weighted by Crippen LogP contribution is 2.39. The normalized spacial score (nSPS) is 18.9. The number of benzene rings is 1. The summed E-state index contributed by atoms with van der Waals surface area (Å²) in [5.74, 6) is -6.94. The number of esters is 1. The summed E-state index contributed by atoms with van der Waals surface area (Å²) in [6.45, 7) is 0.132. The first kappa shape index (κ1) is 21.2. The minimum Gasteiger partial charge on any atom is -0.417 e. The van der Waals surface area contributed by atoms with Gasteiger partial charge in [-0.2, -0.15) is 13.2 Å². The molecule has 3 rings (SSSR count). The first-order valence-corrected chi connectivity index (χ1v) is 8.67. The minimum absolute atomic E-state index is 0.0638. The van der Waals surface area contributed by atoms with Crippen molar-refractivity contribution < 1.29 is 41.9 Å². The van der Waals surface area contributed by atoms with E-state index >= 15 is 0 Å². The number of fused-ring (bicyclic) bond motifs is 1. The molecular weight excluding hydrogens is 413 g/mol. The molecule has 0 bridgehead atoms. The number of nitrogens with zero attached hydrogens (tertiary/aromatic N) is 1. The number of ether oxygens (including phenoxy) is 1. The SMILES string of the molecule is NCCNc1ccc2c(c1OC(=O)C(F)(F)F)C(=O)N(C1CCC(=O)NC1=O)C2=O. The van der Waals surface area contributed by atoms with Crippen LogP contribution in [0.2, 0.25) is 0 Å². The maximum Gasteiger partial charge on any atom is 0.491 e. The second kappa shape index (κ2) is 7.74. The summed E-state index contributed by atoms with van der Waals surface area (Å²) < 4.78 is 42.6. The molecule has 2 aliphatic heterocycles. The van der Waals surface area contributed by atoms with Gasteiger partial charge in [-0.1, -0.05) is 0 Å². The van der Waals surface area contributed by atoms with E-state index in [2.05, 4.69) is 10.1 Å². The highest BCUT2D eigenvalue weighted by Gasteiger charge is 2.48. The number of carbonyl (C=O) groups is 5. The number of alkyl halides is 3. The zero-order valence-corrected chi connectivity index (χ0v) is 15.2. The maximum absolute atomic E-state index is 12.9. The second-order valence-corrected chi connectivity index (χ2v) is 6.41. The number of piperidine rings is 1. The number of hydrogen-bond donors (Lipinski definition) is 3. The molecule has 1 atom stereocenters. The number of rotatable bonds is 5. The average molecular weight is 428 g/mol. The van der Waals surface area contributed by atoms with E-state index in [0.29, 0.717) is 4.90 Å². The van der Waals surface area contributed by atoms with Crippen molar-refractivity contribution in [3.63, 3.8) is 0 Å². The lowest BCUT2D eigenvalue weighted by Gasteiger charge is -2.27. The molecule has 0 saturated carbocycles. The summed E-state index contributed by atoms with van der Waals surface area (Å²) in [4.78, 5) is 61.0. The van der Waals surface area contributed by atoms with Crippen LogP contribution in [0.5, 0.6) is 5.75 Å². The number of hydrogen-bond acceptors (Lipinski definition) is 8. The van der Waals surface area contributed by atoms with Crippen molar-refractivity contribution in [2.45, 2.75) is 25.1 Å². The Labute approximate surface area is 166 Å². The van der Waals surface area contributed by atoms with Gasteiger partial charge in [0.05, 0.1) is 16.8 Å². The molecule has 4 amide bonds. The zero-order chi connectivity index (χ0) is 22.2. The Balaban J connectivity index is 2.05. The number of imide groups is 2. The first-order valence-electron chi connectivity index (χ1n) is 8.67. The third-order valence-electron chi connectivity index (χ3n) is 4.45. The Kier molecular flexibility index (Phi) is 5.48. The molecule has 1 saturated heterocycles. The summed E-state index contributed by atoms with van der Waals surface area (Å²) in [5, 5.41) is 4.61. The second-order valence-electron chi connectivity index (χ2n) is 6.41. The van der Waals surface area contributed by atoms with Crippen molar-refractivity contribution in [1.29, 1.82) is 0 Å². The van der Waals surface area contributed by atoms with E-state index in [9.17, 15) is 37.1 Å². The molecule has 2 aliphatic rings. The quantitative estimate of drug-likeness (QED) is 0.335. The van der Waals surface area contributed by atoms with Gasteiger partial charge in [-0.15, -0.1) is 0 Å². The summed E-state index contributed by atoms with van der Waals surface area (Å²) in [7, 11) is 0. The molecule has 0 aromatic heterocycles. The van der Waals surface area contributed by atoms with Crippen LogP contribution in [0, 0.1) is 0 Å². The van der Waals surface area contributed by atoms with Crippen LogP contribution in [-0.4, -0.2) is 59.8 Å². The standard InChI is InChI=1S/C17H15F3N4O6/c18-17(19,20)16(29)30-12-8(22-6-5-21)2-1-7-11(12)15(28)24(14(7)27)9-3-4-10(25)23-13(9)26/h1-2,9,22H,3-6,21H2,(H,23,25,26). The largest absolute Gasteiger partial charge is 0.491 e. The van der Waals surface area contributed by atoms with Gasteiger partial charge in [0.25, 0.3) is 11.8 Å². The van der Waals surface area contributed by atoms with Gasteiger partial charge in [0.1, 0.15) is 6.04 Å². The van der Waals surface area contributed by atoms with Crippen LogP contribution >= 0.6 is 0 Å². The fourth-order valence-corrected chi connectivity index (χ4v) is 3.13. The topological polar surface area (TPSA) is 148 Å². The molecule has 1 unspecified atom stereocenters. The predicted molar refractivity (Wildman–Crippen MR) is 92.3 cm³/mol. The number of amides is 4. The zero-order valence-electron chi connectivity index (χ0n) is 15.2. The fraction of sp³-hybridized carbons (Fsp3) is 0.353. The van der Waals surface area contributed by atoms with Gasteiger partial charge in [0.15, 0.2) is 5.75 Å². The molecule has 0 spiro atoms. The molecule has 1 fully saturated rings. The molecular formula is C17H15F3N4O6. The third kappa shape index (κ3) is 3.70. The van der Waals surface area contributed by atoms with Crippen LogP contribution in [0.4, 0.5) is 18.9 Å². The fourth-order valence-electron chi connectivity index (χ4n) is 3.13. The van der Waals surface area contributed by atoms with Crippen LogP contribution in [-0.2, 0) is 14.4 Å². The van der Waals surface area contributed by atoms with Crippen LogP contribution in [0.1, 0.15) is 33.6 Å². The molecule has 0 aliphatic carbocycles. The first-order chi connectivity index (χ1) is 14.1. The molecule has 0 radical (unpaired) electrons. The van der Waals surface area contributed by atoms with Gasteiger partial charge in [-0.3, -0.25) is 29.4 Å². The van der Waals surface area contributed by atoms with E-state index in [1.807, 2.05) is 5.32 Å². The van der Waals surface area contributed by atoms with Gasteiger partial charge in [-0.05, 0) is 18.6 Å². The van der Waals surface area contributed by atoms with E-state index in [1.54, 1.807) is 0 Å². The third-order valence-corrected chi connectivity index (χ3v) is 4.45.